The molecule has 5 nitrogen and oxygen atoms in total. The monoisotopic (exact) mass is 397 g/mol. The maximum atomic E-state index is 4.81. The van der Waals surface area contributed by atoms with E-state index in [1.807, 2.05) is 41.0 Å². The molecule has 3 heterocycles. The summed E-state index contributed by atoms with van der Waals surface area (Å²) >= 11 is 0. The Morgan fingerprint density at radius 1 is 0.581 bits per heavy atom. The highest BCUT2D eigenvalue weighted by molar-refractivity contribution is 6.31. The van der Waals surface area contributed by atoms with Gasteiger partial charge >= 0.3 is 0 Å². The van der Waals surface area contributed by atoms with Crippen molar-refractivity contribution in [2.24, 2.45) is 0 Å². The third kappa shape index (κ3) is 2.20. The van der Waals surface area contributed by atoms with Crippen LogP contribution in [0.1, 0.15) is 0 Å². The summed E-state index contributed by atoms with van der Waals surface area (Å²) in [7, 11) is 0. The Morgan fingerprint density at radius 2 is 1.26 bits per heavy atom. The fourth-order valence-electron chi connectivity index (χ4n) is 4.63. The molecule has 7 aromatic rings. The van der Waals surface area contributed by atoms with Crippen molar-refractivity contribution in [2.75, 3.05) is 0 Å². The number of fused-ring (bicyclic) bond motifs is 10. The van der Waals surface area contributed by atoms with E-state index in [0.717, 1.165) is 44.0 Å². The summed E-state index contributed by atoms with van der Waals surface area (Å²) in [5.41, 5.74) is 4.32. The minimum absolute atomic E-state index is 0.601. The quantitative estimate of drug-likeness (QED) is 0.329. The molecule has 31 heavy (non-hydrogen) atoms. The predicted octanol–water partition coefficient (Wildman–Crippen LogP) is 5.80. The highest BCUT2D eigenvalue weighted by atomic mass is 15.3. The van der Waals surface area contributed by atoms with E-state index in [1.165, 1.54) is 10.8 Å². The topological polar surface area (TPSA) is 56.0 Å². The molecule has 0 amide bonds. The van der Waals surface area contributed by atoms with Crippen molar-refractivity contribution >= 4 is 49.1 Å². The van der Waals surface area contributed by atoms with E-state index in [1.54, 1.807) is 0 Å². The third-order valence-electron chi connectivity index (χ3n) is 5.97. The van der Waals surface area contributed by atoms with Crippen LogP contribution in [0.3, 0.4) is 0 Å². The zero-order chi connectivity index (χ0) is 20.4. The van der Waals surface area contributed by atoms with E-state index in [2.05, 4.69) is 64.8 Å². The van der Waals surface area contributed by atoms with Crippen LogP contribution in [0.25, 0.3) is 60.4 Å². The van der Waals surface area contributed by atoms with E-state index in [4.69, 9.17) is 10.1 Å². The second-order valence-electron chi connectivity index (χ2n) is 7.64. The first kappa shape index (κ1) is 16.4. The zero-order valence-electron chi connectivity index (χ0n) is 16.4. The number of hydrogen-bond acceptors (Lipinski definition) is 4. The minimum Gasteiger partial charge on any atom is -0.236 e. The van der Waals surface area contributed by atoms with Crippen LogP contribution in [-0.2, 0) is 0 Å². The van der Waals surface area contributed by atoms with Crippen LogP contribution in [-0.4, -0.2) is 24.8 Å². The molecule has 0 aliphatic heterocycles. The average molecular weight is 397 g/mol. The summed E-state index contributed by atoms with van der Waals surface area (Å²) in [6.45, 7) is 0. The second-order valence-corrected chi connectivity index (χ2v) is 7.64. The standard InChI is InChI=1S/C26H15N5/c1-2-8-16(9-3-1)21-14-15-27-26-23-22-19-12-6-4-10-17(19)18-11-5-7-13-20(18)24(22)28-29-25(23)30-31(21)26/h1-15H. The maximum Gasteiger partial charge on any atom is 0.206 e. The summed E-state index contributed by atoms with van der Waals surface area (Å²) in [5, 5.41) is 20.5. The van der Waals surface area contributed by atoms with Gasteiger partial charge in [-0.05, 0) is 22.2 Å². The Morgan fingerprint density at radius 3 is 2.06 bits per heavy atom. The molecule has 0 radical (unpaired) electrons. The maximum absolute atomic E-state index is 4.81. The largest absolute Gasteiger partial charge is 0.236 e. The number of hydrogen-bond donors (Lipinski definition) is 0. The van der Waals surface area contributed by atoms with Crippen molar-refractivity contribution in [3.63, 3.8) is 0 Å². The first-order chi connectivity index (χ1) is 15.4. The molecule has 0 fully saturated rings. The minimum atomic E-state index is 0.601. The van der Waals surface area contributed by atoms with Gasteiger partial charge in [0.2, 0.25) is 5.65 Å². The molecule has 0 N–H and O–H groups in total. The van der Waals surface area contributed by atoms with Crippen LogP contribution in [0.4, 0.5) is 0 Å². The summed E-state index contributed by atoms with van der Waals surface area (Å²) in [6, 6.07) is 29.0. The lowest BCUT2D eigenvalue weighted by Gasteiger charge is -2.09. The van der Waals surface area contributed by atoms with E-state index >= 15 is 0 Å². The molecule has 0 aliphatic rings. The van der Waals surface area contributed by atoms with Crippen molar-refractivity contribution in [2.45, 2.75) is 0 Å². The molecule has 0 unspecified atom stereocenters. The Kier molecular flexibility index (Phi) is 3.21. The van der Waals surface area contributed by atoms with Crippen LogP contribution >= 0.6 is 0 Å². The van der Waals surface area contributed by atoms with Gasteiger partial charge in [0.15, 0.2) is 5.65 Å². The Bertz CT molecular complexity index is 1750. The van der Waals surface area contributed by atoms with Gasteiger partial charge in [0.25, 0.3) is 0 Å². The average Bonchev–Trinajstić information content (AvgIpc) is 3.23. The predicted molar refractivity (Wildman–Crippen MR) is 124 cm³/mol. The van der Waals surface area contributed by atoms with Gasteiger partial charge in [0, 0.05) is 22.5 Å². The van der Waals surface area contributed by atoms with Gasteiger partial charge in [-0.2, -0.15) is 0 Å². The molecule has 0 spiro atoms. The van der Waals surface area contributed by atoms with E-state index in [0.29, 0.717) is 5.65 Å². The van der Waals surface area contributed by atoms with E-state index in [9.17, 15) is 0 Å². The first-order valence-corrected chi connectivity index (χ1v) is 10.2. The Hall–Kier alpha value is -4.38. The van der Waals surface area contributed by atoms with Crippen molar-refractivity contribution in [3.05, 3.63) is 91.1 Å². The van der Waals surface area contributed by atoms with Gasteiger partial charge < -0.3 is 0 Å². The Balaban J connectivity index is 1.75. The molecular formula is C26H15N5. The normalized spacial score (nSPS) is 11.9. The molecule has 3 aromatic heterocycles. The number of benzene rings is 4. The third-order valence-corrected chi connectivity index (χ3v) is 5.97. The van der Waals surface area contributed by atoms with Crippen LogP contribution < -0.4 is 0 Å². The molecule has 4 aromatic carbocycles. The second kappa shape index (κ2) is 6.06. The molecule has 0 saturated heterocycles. The zero-order valence-corrected chi connectivity index (χ0v) is 16.4. The van der Waals surface area contributed by atoms with Gasteiger partial charge in [0.05, 0.1) is 11.1 Å². The Labute approximate surface area is 176 Å². The van der Waals surface area contributed by atoms with Gasteiger partial charge in [-0.15, -0.1) is 15.3 Å². The molecule has 0 saturated carbocycles. The number of rotatable bonds is 1. The smallest absolute Gasteiger partial charge is 0.206 e. The van der Waals surface area contributed by atoms with Crippen LogP contribution in [0.5, 0.6) is 0 Å². The van der Waals surface area contributed by atoms with Gasteiger partial charge in [-0.1, -0.05) is 78.9 Å². The lowest BCUT2D eigenvalue weighted by atomic mass is 9.96. The summed E-state index contributed by atoms with van der Waals surface area (Å²) in [6.07, 6.45) is 1.84. The molecule has 5 heteroatoms. The van der Waals surface area contributed by atoms with Crippen molar-refractivity contribution in [1.82, 2.24) is 24.8 Å². The lowest BCUT2D eigenvalue weighted by Crippen LogP contribution is -1.95. The molecule has 144 valence electrons. The summed E-state index contributed by atoms with van der Waals surface area (Å²) in [5.74, 6) is 0. The van der Waals surface area contributed by atoms with Gasteiger partial charge in [-0.25, -0.2) is 9.50 Å². The van der Waals surface area contributed by atoms with E-state index in [-0.39, 0.29) is 0 Å². The van der Waals surface area contributed by atoms with Crippen LogP contribution in [0, 0.1) is 0 Å². The highest BCUT2D eigenvalue weighted by Gasteiger charge is 2.19. The lowest BCUT2D eigenvalue weighted by molar-refractivity contribution is 0.945. The summed E-state index contributed by atoms with van der Waals surface area (Å²) < 4.78 is 1.89. The fourth-order valence-corrected chi connectivity index (χ4v) is 4.63. The molecular weight excluding hydrogens is 382 g/mol. The highest BCUT2D eigenvalue weighted by Crippen LogP contribution is 2.38. The summed E-state index contributed by atoms with van der Waals surface area (Å²) in [4.78, 5) is 4.73. The van der Waals surface area contributed by atoms with Crippen molar-refractivity contribution in [1.29, 1.82) is 0 Å². The molecule has 7 rings (SSSR count). The van der Waals surface area contributed by atoms with Crippen molar-refractivity contribution in [3.8, 4) is 11.3 Å². The van der Waals surface area contributed by atoms with Crippen LogP contribution in [0.2, 0.25) is 0 Å². The first-order valence-electron chi connectivity index (χ1n) is 10.2. The molecule has 0 atom stereocenters. The van der Waals surface area contributed by atoms with E-state index < -0.39 is 0 Å². The molecule has 0 aliphatic carbocycles. The number of nitrogens with zero attached hydrogens (tertiary/aromatic N) is 5. The van der Waals surface area contributed by atoms with Crippen LogP contribution in [0.15, 0.2) is 91.1 Å². The fraction of sp³-hybridized carbons (Fsp3) is 0. The van der Waals surface area contributed by atoms with Gasteiger partial charge in [0.1, 0.15) is 5.52 Å². The van der Waals surface area contributed by atoms with Gasteiger partial charge in [-0.3, -0.25) is 0 Å². The number of aromatic nitrogens is 5. The SMILES string of the molecule is c1ccc(-c2ccnc3c4c(nnc5c6ccccc6c6ccccc6c54)nn23)cc1. The van der Waals surface area contributed by atoms with Crippen molar-refractivity contribution < 1.29 is 0 Å². The molecule has 0 bridgehead atoms.